The lowest BCUT2D eigenvalue weighted by molar-refractivity contribution is -0.144. The molecule has 1 fully saturated rings. The number of carboxylic acid groups (broad SMARTS) is 1. The van der Waals surface area contributed by atoms with Gasteiger partial charge in [0, 0.05) is 56.9 Å². The normalized spacial score (nSPS) is 15.7. The SMILES string of the molecule is O=C(C[C@H](CN1CCN(c2ccccn2)CC1)C(=O)O)NCc1ccccc1Cl. The van der Waals surface area contributed by atoms with Gasteiger partial charge in [-0.25, -0.2) is 4.98 Å². The maximum Gasteiger partial charge on any atom is 0.308 e. The number of hydrogen-bond donors (Lipinski definition) is 2. The van der Waals surface area contributed by atoms with Gasteiger partial charge in [0.1, 0.15) is 5.82 Å². The van der Waals surface area contributed by atoms with Gasteiger partial charge in [-0.2, -0.15) is 0 Å². The van der Waals surface area contributed by atoms with Gasteiger partial charge in [-0.15, -0.1) is 0 Å². The van der Waals surface area contributed by atoms with E-state index >= 15 is 0 Å². The molecule has 8 heteroatoms. The Balaban J connectivity index is 1.47. The molecule has 2 N–H and O–H groups in total. The lowest BCUT2D eigenvalue weighted by Crippen LogP contribution is -2.49. The van der Waals surface area contributed by atoms with Gasteiger partial charge >= 0.3 is 5.97 Å². The van der Waals surface area contributed by atoms with Crippen LogP contribution >= 0.6 is 11.6 Å². The number of aromatic nitrogens is 1. The molecule has 2 heterocycles. The van der Waals surface area contributed by atoms with E-state index in [-0.39, 0.29) is 18.9 Å². The van der Waals surface area contributed by atoms with Crippen LogP contribution < -0.4 is 10.2 Å². The van der Waals surface area contributed by atoms with Gasteiger partial charge in [0.2, 0.25) is 5.91 Å². The van der Waals surface area contributed by atoms with E-state index < -0.39 is 11.9 Å². The van der Waals surface area contributed by atoms with Gasteiger partial charge in [0.25, 0.3) is 0 Å². The molecule has 7 nitrogen and oxygen atoms in total. The minimum Gasteiger partial charge on any atom is -0.481 e. The number of amides is 1. The summed E-state index contributed by atoms with van der Waals surface area (Å²) in [5.41, 5.74) is 0.806. The minimum atomic E-state index is -0.954. The summed E-state index contributed by atoms with van der Waals surface area (Å²) in [6.07, 6.45) is 1.71. The zero-order valence-electron chi connectivity index (χ0n) is 16.1. The highest BCUT2D eigenvalue weighted by atomic mass is 35.5. The molecular weight excluding hydrogens is 392 g/mol. The van der Waals surface area contributed by atoms with Crippen LogP contribution in [0.3, 0.4) is 0 Å². The molecule has 1 amide bonds. The Bertz CT molecular complexity index is 826. The van der Waals surface area contributed by atoms with Crippen LogP contribution in [0.5, 0.6) is 0 Å². The predicted octanol–water partition coefficient (Wildman–Crippen LogP) is 2.26. The number of nitrogens with zero attached hydrogens (tertiary/aromatic N) is 3. The van der Waals surface area contributed by atoms with Gasteiger partial charge in [-0.1, -0.05) is 35.9 Å². The van der Waals surface area contributed by atoms with Crippen molar-refractivity contribution in [3.05, 3.63) is 59.2 Å². The average molecular weight is 417 g/mol. The first-order valence-electron chi connectivity index (χ1n) is 9.64. The zero-order valence-corrected chi connectivity index (χ0v) is 16.9. The van der Waals surface area contributed by atoms with E-state index in [0.29, 0.717) is 11.6 Å². The van der Waals surface area contributed by atoms with Gasteiger partial charge in [-0.3, -0.25) is 14.5 Å². The molecule has 2 aromatic rings. The van der Waals surface area contributed by atoms with Crippen molar-refractivity contribution in [2.24, 2.45) is 5.92 Å². The third-order valence-electron chi connectivity index (χ3n) is 5.04. The standard InChI is InChI=1S/C21H25ClN4O3/c22-18-6-2-1-5-16(18)14-24-20(27)13-17(21(28)29)15-25-9-11-26(12-10-25)19-7-3-4-8-23-19/h1-8,17H,9-15H2,(H,24,27)(H,28,29)/t17-/m1/s1. The minimum absolute atomic E-state index is 0.0553. The summed E-state index contributed by atoms with van der Waals surface area (Å²) in [6, 6.07) is 13.1. The molecule has 1 saturated heterocycles. The van der Waals surface area contributed by atoms with E-state index in [1.165, 1.54) is 0 Å². The van der Waals surface area contributed by atoms with Gasteiger partial charge in [0.05, 0.1) is 5.92 Å². The molecule has 0 bridgehead atoms. The summed E-state index contributed by atoms with van der Waals surface area (Å²) in [4.78, 5) is 32.6. The van der Waals surface area contributed by atoms with Crippen molar-refractivity contribution in [3.8, 4) is 0 Å². The highest BCUT2D eigenvalue weighted by molar-refractivity contribution is 6.31. The maximum atomic E-state index is 12.3. The van der Waals surface area contributed by atoms with Crippen molar-refractivity contribution >= 4 is 29.3 Å². The van der Waals surface area contributed by atoms with Crippen LogP contribution in [-0.2, 0) is 16.1 Å². The largest absolute Gasteiger partial charge is 0.481 e. The van der Waals surface area contributed by atoms with E-state index in [4.69, 9.17) is 11.6 Å². The number of rotatable bonds is 8. The van der Waals surface area contributed by atoms with Crippen LogP contribution in [0.1, 0.15) is 12.0 Å². The summed E-state index contributed by atoms with van der Waals surface area (Å²) < 4.78 is 0. The second-order valence-electron chi connectivity index (χ2n) is 7.08. The van der Waals surface area contributed by atoms with Crippen LogP contribution in [0.25, 0.3) is 0 Å². The number of hydrogen-bond acceptors (Lipinski definition) is 5. The van der Waals surface area contributed by atoms with E-state index in [2.05, 4.69) is 20.1 Å². The fraction of sp³-hybridized carbons (Fsp3) is 0.381. The summed E-state index contributed by atoms with van der Waals surface area (Å²) in [5, 5.41) is 12.9. The number of benzene rings is 1. The van der Waals surface area contributed by atoms with Crippen molar-refractivity contribution < 1.29 is 14.7 Å². The summed E-state index contributed by atoms with van der Waals surface area (Å²) in [5.74, 6) is -1.06. The first-order valence-corrected chi connectivity index (χ1v) is 10.0. The first kappa shape index (κ1) is 21.1. The van der Waals surface area contributed by atoms with Crippen LogP contribution in [0, 0.1) is 5.92 Å². The first-order chi connectivity index (χ1) is 14.0. The summed E-state index contributed by atoms with van der Waals surface area (Å²) in [6.45, 7) is 3.67. The number of carboxylic acids is 1. The van der Waals surface area contributed by atoms with Gasteiger partial charge in [0.15, 0.2) is 0 Å². The zero-order chi connectivity index (χ0) is 20.6. The van der Waals surface area contributed by atoms with Crippen molar-refractivity contribution in [1.82, 2.24) is 15.2 Å². The Morgan fingerprint density at radius 2 is 1.83 bits per heavy atom. The molecule has 1 aromatic carbocycles. The monoisotopic (exact) mass is 416 g/mol. The van der Waals surface area contributed by atoms with Crippen molar-refractivity contribution in [3.63, 3.8) is 0 Å². The third-order valence-corrected chi connectivity index (χ3v) is 5.41. The van der Waals surface area contributed by atoms with E-state index in [1.54, 1.807) is 12.3 Å². The molecule has 0 aliphatic carbocycles. The van der Waals surface area contributed by atoms with Crippen molar-refractivity contribution in [2.75, 3.05) is 37.6 Å². The molecule has 0 spiro atoms. The fourth-order valence-corrected chi connectivity index (χ4v) is 3.58. The maximum absolute atomic E-state index is 12.3. The molecule has 0 saturated carbocycles. The second-order valence-corrected chi connectivity index (χ2v) is 7.49. The lowest BCUT2D eigenvalue weighted by Gasteiger charge is -2.36. The number of carbonyl (C=O) groups excluding carboxylic acids is 1. The van der Waals surface area contributed by atoms with Crippen LogP contribution in [0.4, 0.5) is 5.82 Å². The third kappa shape index (κ3) is 6.17. The number of nitrogens with one attached hydrogen (secondary N) is 1. The van der Waals surface area contributed by atoms with Crippen LogP contribution in [0.15, 0.2) is 48.7 Å². The number of aliphatic carboxylic acids is 1. The highest BCUT2D eigenvalue weighted by Crippen LogP contribution is 2.16. The molecule has 0 radical (unpaired) electrons. The predicted molar refractivity (Wildman–Crippen MR) is 112 cm³/mol. The Hall–Kier alpha value is -2.64. The van der Waals surface area contributed by atoms with Crippen LogP contribution in [0.2, 0.25) is 5.02 Å². The Labute approximate surface area is 175 Å². The Kier molecular flexibility index (Phi) is 7.43. The van der Waals surface area contributed by atoms with Gasteiger partial charge < -0.3 is 15.3 Å². The quantitative estimate of drug-likeness (QED) is 0.686. The molecule has 3 rings (SSSR count). The topological polar surface area (TPSA) is 85.8 Å². The lowest BCUT2D eigenvalue weighted by atomic mass is 10.0. The molecule has 154 valence electrons. The van der Waals surface area contributed by atoms with E-state index in [1.807, 2.05) is 36.4 Å². The van der Waals surface area contributed by atoms with E-state index in [9.17, 15) is 14.7 Å². The summed E-state index contributed by atoms with van der Waals surface area (Å²) in [7, 11) is 0. The molecule has 1 aliphatic rings. The number of pyridine rings is 1. The molecular formula is C21H25ClN4O3. The number of piperazine rings is 1. The average Bonchev–Trinajstić information content (AvgIpc) is 2.74. The molecule has 1 aliphatic heterocycles. The number of anilines is 1. The van der Waals surface area contributed by atoms with Gasteiger partial charge in [-0.05, 0) is 23.8 Å². The smallest absolute Gasteiger partial charge is 0.308 e. The van der Waals surface area contributed by atoms with Crippen LogP contribution in [-0.4, -0.2) is 59.6 Å². The molecule has 29 heavy (non-hydrogen) atoms. The second kappa shape index (κ2) is 10.2. The fourth-order valence-electron chi connectivity index (χ4n) is 3.37. The summed E-state index contributed by atoms with van der Waals surface area (Å²) >= 11 is 6.09. The van der Waals surface area contributed by atoms with Crippen molar-refractivity contribution in [1.29, 1.82) is 0 Å². The Morgan fingerprint density at radius 1 is 1.10 bits per heavy atom. The molecule has 0 unspecified atom stereocenters. The molecule has 1 aromatic heterocycles. The number of carbonyl (C=O) groups is 2. The van der Waals surface area contributed by atoms with Crippen molar-refractivity contribution in [2.45, 2.75) is 13.0 Å². The molecule has 1 atom stereocenters. The Morgan fingerprint density at radius 3 is 2.48 bits per heavy atom. The van der Waals surface area contributed by atoms with E-state index in [0.717, 1.165) is 37.6 Å². The highest BCUT2D eigenvalue weighted by Gasteiger charge is 2.26. The number of halogens is 1.